The summed E-state index contributed by atoms with van der Waals surface area (Å²) in [6, 6.07) is 1.43. The lowest BCUT2D eigenvalue weighted by molar-refractivity contribution is 0.219. The quantitative estimate of drug-likeness (QED) is 0.821. The summed E-state index contributed by atoms with van der Waals surface area (Å²) in [6.07, 6.45) is 1.95. The number of likely N-dealkylation sites (N-methyl/N-ethyl adjacent to an activating group) is 1. The number of aromatic nitrogens is 2. The molecule has 2 aromatic heterocycles. The van der Waals surface area contributed by atoms with Gasteiger partial charge in [-0.25, -0.2) is 8.42 Å². The van der Waals surface area contributed by atoms with Crippen molar-refractivity contribution in [1.82, 2.24) is 19.4 Å². The highest BCUT2D eigenvalue weighted by Crippen LogP contribution is 2.26. The molecule has 3 heterocycles. The van der Waals surface area contributed by atoms with E-state index >= 15 is 0 Å². The average molecular weight is 326 g/mol. The smallest absolute Gasteiger partial charge is 0.276 e. The maximum Gasteiger partial charge on any atom is 0.276 e. The molecule has 0 atom stereocenters. The third kappa shape index (κ3) is 2.79. The van der Waals surface area contributed by atoms with Crippen LogP contribution in [0.5, 0.6) is 0 Å². The van der Waals surface area contributed by atoms with Crippen LogP contribution in [0.1, 0.15) is 12.8 Å². The summed E-state index contributed by atoms with van der Waals surface area (Å²) >= 11 is 0. The molecule has 0 radical (unpaired) electrons. The molecule has 120 valence electrons. The summed E-state index contributed by atoms with van der Waals surface area (Å²) in [5, 5.41) is 7.65. The fraction of sp³-hybridized carbons (Fsp3) is 0.538. The molecule has 1 fully saturated rings. The number of hydrogen-bond acceptors (Lipinski definition) is 7. The van der Waals surface area contributed by atoms with E-state index in [1.807, 2.05) is 14.0 Å². The van der Waals surface area contributed by atoms with Gasteiger partial charge in [-0.15, -0.1) is 10.2 Å². The Kier molecular flexibility index (Phi) is 4.02. The van der Waals surface area contributed by atoms with Crippen LogP contribution in [0.25, 0.3) is 11.5 Å². The molecular weight excluding hydrogens is 308 g/mol. The van der Waals surface area contributed by atoms with Gasteiger partial charge in [-0.1, -0.05) is 6.92 Å². The van der Waals surface area contributed by atoms with Gasteiger partial charge in [0, 0.05) is 38.7 Å². The summed E-state index contributed by atoms with van der Waals surface area (Å²) in [5.74, 6) is 0.764. The minimum absolute atomic E-state index is 0.0942. The minimum Gasteiger partial charge on any atom is -0.451 e. The van der Waals surface area contributed by atoms with Gasteiger partial charge in [0.25, 0.3) is 15.9 Å². The third-order valence-corrected chi connectivity index (χ3v) is 5.42. The lowest BCUT2D eigenvalue weighted by Gasteiger charge is -2.30. The Bertz CT molecular complexity index is 744. The highest BCUT2D eigenvalue weighted by molar-refractivity contribution is 7.89. The molecule has 0 N–H and O–H groups in total. The first-order chi connectivity index (χ1) is 10.5. The van der Waals surface area contributed by atoms with Crippen LogP contribution in [0.4, 0.5) is 0 Å². The van der Waals surface area contributed by atoms with Crippen LogP contribution < -0.4 is 0 Å². The van der Waals surface area contributed by atoms with Crippen molar-refractivity contribution in [3.8, 4) is 11.5 Å². The van der Waals surface area contributed by atoms with Gasteiger partial charge in [0.1, 0.15) is 6.26 Å². The third-order valence-electron chi connectivity index (χ3n) is 3.65. The van der Waals surface area contributed by atoms with Crippen LogP contribution in [0, 0.1) is 0 Å². The van der Waals surface area contributed by atoms with E-state index in [2.05, 4.69) is 15.1 Å². The second kappa shape index (κ2) is 5.82. The Labute approximate surface area is 128 Å². The fourth-order valence-electron chi connectivity index (χ4n) is 2.23. The monoisotopic (exact) mass is 326 g/mol. The maximum atomic E-state index is 12.5. The zero-order valence-corrected chi connectivity index (χ0v) is 13.3. The van der Waals surface area contributed by atoms with E-state index in [0.717, 1.165) is 0 Å². The second-order valence-corrected chi connectivity index (χ2v) is 7.09. The lowest BCUT2D eigenvalue weighted by atomic mass is 10.3. The standard InChI is InChI=1S/C13H18N4O4S/c1-3-11-14-15-13(21-11)10-8-12(20-9-10)22(18,19)17-6-4-16(2)5-7-17/h8-9H,3-7H2,1-2H3. The van der Waals surface area contributed by atoms with E-state index in [9.17, 15) is 8.42 Å². The number of furan rings is 1. The highest BCUT2D eigenvalue weighted by atomic mass is 32.2. The van der Waals surface area contributed by atoms with E-state index in [4.69, 9.17) is 8.83 Å². The summed E-state index contributed by atoms with van der Waals surface area (Å²) in [6.45, 7) is 4.22. The van der Waals surface area contributed by atoms with Crippen molar-refractivity contribution in [2.24, 2.45) is 0 Å². The highest BCUT2D eigenvalue weighted by Gasteiger charge is 2.30. The van der Waals surface area contributed by atoms with Crippen LogP contribution in [0.15, 0.2) is 26.3 Å². The molecule has 1 saturated heterocycles. The Hall–Kier alpha value is -1.71. The first-order valence-corrected chi connectivity index (χ1v) is 8.54. The number of hydrogen-bond donors (Lipinski definition) is 0. The fourth-order valence-corrected chi connectivity index (χ4v) is 3.58. The largest absolute Gasteiger partial charge is 0.451 e. The molecule has 0 aliphatic carbocycles. The average Bonchev–Trinajstić information content (AvgIpc) is 3.16. The Balaban J connectivity index is 1.83. The molecule has 22 heavy (non-hydrogen) atoms. The van der Waals surface area contributed by atoms with Crippen LogP contribution in [-0.4, -0.2) is 61.0 Å². The molecule has 1 aliphatic rings. The van der Waals surface area contributed by atoms with Gasteiger partial charge < -0.3 is 13.7 Å². The molecule has 0 aromatic carbocycles. The molecule has 2 aromatic rings. The molecule has 8 nitrogen and oxygen atoms in total. The molecule has 0 spiro atoms. The summed E-state index contributed by atoms with van der Waals surface area (Å²) in [5.41, 5.74) is 0.472. The van der Waals surface area contributed by atoms with Crippen LogP contribution >= 0.6 is 0 Å². The zero-order chi connectivity index (χ0) is 15.7. The number of nitrogens with zero attached hydrogens (tertiary/aromatic N) is 4. The van der Waals surface area contributed by atoms with Crippen LogP contribution in [0.2, 0.25) is 0 Å². The molecule has 0 unspecified atom stereocenters. The van der Waals surface area contributed by atoms with Gasteiger partial charge in [-0.2, -0.15) is 4.31 Å². The van der Waals surface area contributed by atoms with Crippen LogP contribution in [-0.2, 0) is 16.4 Å². The normalized spacial score (nSPS) is 17.9. The Morgan fingerprint density at radius 3 is 2.59 bits per heavy atom. The van der Waals surface area contributed by atoms with Crippen molar-refractivity contribution in [3.05, 3.63) is 18.2 Å². The molecule has 1 aliphatic heterocycles. The summed E-state index contributed by atoms with van der Waals surface area (Å²) < 4.78 is 37.2. The summed E-state index contributed by atoms with van der Waals surface area (Å²) in [4.78, 5) is 2.09. The van der Waals surface area contributed by atoms with Crippen molar-refractivity contribution in [2.75, 3.05) is 33.2 Å². The van der Waals surface area contributed by atoms with Gasteiger partial charge in [0.2, 0.25) is 11.0 Å². The number of piperazine rings is 1. The molecule has 0 amide bonds. The van der Waals surface area contributed by atoms with E-state index < -0.39 is 10.0 Å². The first kappa shape index (κ1) is 15.2. The maximum absolute atomic E-state index is 12.5. The molecule has 0 bridgehead atoms. The second-order valence-electron chi connectivity index (χ2n) is 5.22. The van der Waals surface area contributed by atoms with Gasteiger partial charge in [-0.3, -0.25) is 0 Å². The van der Waals surface area contributed by atoms with Crippen molar-refractivity contribution < 1.29 is 17.3 Å². The van der Waals surface area contributed by atoms with Gasteiger partial charge >= 0.3 is 0 Å². The molecular formula is C13H18N4O4S. The Morgan fingerprint density at radius 1 is 1.23 bits per heavy atom. The van der Waals surface area contributed by atoms with Gasteiger partial charge in [0.15, 0.2) is 0 Å². The first-order valence-electron chi connectivity index (χ1n) is 7.10. The summed E-state index contributed by atoms with van der Waals surface area (Å²) in [7, 11) is -1.65. The van der Waals surface area contributed by atoms with Crippen molar-refractivity contribution >= 4 is 10.0 Å². The predicted molar refractivity (Wildman–Crippen MR) is 77.6 cm³/mol. The number of sulfonamides is 1. The molecule has 3 rings (SSSR count). The van der Waals surface area contributed by atoms with Gasteiger partial charge in [0.05, 0.1) is 5.56 Å². The van der Waals surface area contributed by atoms with Crippen molar-refractivity contribution in [2.45, 2.75) is 18.4 Å². The molecule has 0 saturated carbocycles. The van der Waals surface area contributed by atoms with Crippen molar-refractivity contribution in [3.63, 3.8) is 0 Å². The zero-order valence-electron chi connectivity index (χ0n) is 12.5. The van der Waals surface area contributed by atoms with E-state index in [0.29, 0.717) is 44.1 Å². The SMILES string of the molecule is CCc1nnc(-c2coc(S(=O)(=O)N3CCN(C)CC3)c2)o1. The number of rotatable bonds is 4. The number of aryl methyl sites for hydroxylation is 1. The Morgan fingerprint density at radius 2 is 1.95 bits per heavy atom. The topological polar surface area (TPSA) is 92.7 Å². The van der Waals surface area contributed by atoms with Crippen LogP contribution in [0.3, 0.4) is 0 Å². The predicted octanol–water partition coefficient (Wildman–Crippen LogP) is 0.828. The van der Waals surface area contributed by atoms with E-state index in [1.54, 1.807) is 0 Å². The molecule has 9 heteroatoms. The van der Waals surface area contributed by atoms with Gasteiger partial charge in [-0.05, 0) is 7.05 Å². The van der Waals surface area contributed by atoms with E-state index in [-0.39, 0.29) is 11.0 Å². The minimum atomic E-state index is -3.62. The van der Waals surface area contributed by atoms with E-state index in [1.165, 1.54) is 16.6 Å². The van der Waals surface area contributed by atoms with Crippen molar-refractivity contribution in [1.29, 1.82) is 0 Å². The lowest BCUT2D eigenvalue weighted by Crippen LogP contribution is -2.46.